The molecule has 0 saturated carbocycles. The summed E-state index contributed by atoms with van der Waals surface area (Å²) in [6, 6.07) is 0. The molecule has 0 atom stereocenters. The molecule has 0 spiro atoms. The third-order valence-corrected chi connectivity index (χ3v) is 3.80. The minimum absolute atomic E-state index is 0.0187. The minimum atomic E-state index is -0.919. The molecule has 5 nitrogen and oxygen atoms in total. The van der Waals surface area contributed by atoms with Crippen LogP contribution in [0.25, 0.3) is 0 Å². The quantitative estimate of drug-likeness (QED) is 0.727. The van der Waals surface area contributed by atoms with E-state index in [0.717, 1.165) is 25.9 Å². The van der Waals surface area contributed by atoms with E-state index in [0.29, 0.717) is 0 Å². The zero-order valence-electron chi connectivity index (χ0n) is 11.0. The summed E-state index contributed by atoms with van der Waals surface area (Å²) >= 11 is 4.83. The number of nitrogens with zero attached hydrogens (tertiary/aromatic N) is 1. The lowest BCUT2D eigenvalue weighted by atomic mass is 9.92. The molecule has 1 rings (SSSR count). The van der Waals surface area contributed by atoms with Gasteiger partial charge in [-0.05, 0) is 33.1 Å². The molecule has 1 aliphatic rings. The van der Waals surface area contributed by atoms with E-state index >= 15 is 0 Å². The predicted molar refractivity (Wildman–Crippen MR) is 74.0 cm³/mol. The Morgan fingerprint density at radius 1 is 1.28 bits per heavy atom. The number of piperidine rings is 1. The average molecular weight is 271 g/mol. The number of carbonyl (C=O) groups is 2. The van der Waals surface area contributed by atoms with E-state index in [1.807, 2.05) is 0 Å². The van der Waals surface area contributed by atoms with Crippen LogP contribution in [0.3, 0.4) is 0 Å². The molecular formula is C12H21N3O2S. The lowest BCUT2D eigenvalue weighted by molar-refractivity contribution is -0.134. The lowest BCUT2D eigenvalue weighted by Crippen LogP contribution is -2.49. The Labute approximate surface area is 113 Å². The summed E-state index contributed by atoms with van der Waals surface area (Å²) < 4.78 is 0. The molecule has 0 aromatic rings. The van der Waals surface area contributed by atoms with E-state index in [4.69, 9.17) is 18.0 Å². The summed E-state index contributed by atoms with van der Waals surface area (Å²) in [6.45, 7) is 4.89. The van der Waals surface area contributed by atoms with Crippen LogP contribution in [0.2, 0.25) is 0 Å². The standard InChI is InChI=1S/C12H21N3O2S/c1-12(2,10(13)18)11(17)14-8-9(16)15-6-4-3-5-7-15/h3-8H2,1-2H3,(H2,13,18)(H,14,17). The molecular weight excluding hydrogens is 250 g/mol. The topological polar surface area (TPSA) is 75.4 Å². The van der Waals surface area contributed by atoms with Crippen LogP contribution in [0, 0.1) is 5.41 Å². The van der Waals surface area contributed by atoms with Crippen LogP contribution in [-0.4, -0.2) is 41.3 Å². The van der Waals surface area contributed by atoms with E-state index < -0.39 is 5.41 Å². The molecule has 0 aromatic carbocycles. The molecule has 1 saturated heterocycles. The number of nitrogens with one attached hydrogen (secondary N) is 1. The van der Waals surface area contributed by atoms with Gasteiger partial charge in [0.25, 0.3) is 0 Å². The van der Waals surface area contributed by atoms with E-state index in [9.17, 15) is 9.59 Å². The first-order valence-corrected chi connectivity index (χ1v) is 6.62. The normalized spacial score (nSPS) is 16.2. The van der Waals surface area contributed by atoms with E-state index in [2.05, 4.69) is 5.32 Å². The van der Waals surface area contributed by atoms with Gasteiger partial charge < -0.3 is 16.0 Å². The first-order chi connectivity index (χ1) is 8.35. The minimum Gasteiger partial charge on any atom is -0.392 e. The first kappa shape index (κ1) is 14.9. The predicted octanol–water partition coefficient (Wildman–Crippen LogP) is 0.427. The van der Waals surface area contributed by atoms with E-state index in [1.165, 1.54) is 6.42 Å². The molecule has 0 aromatic heterocycles. The van der Waals surface area contributed by atoms with Gasteiger partial charge in [-0.1, -0.05) is 12.2 Å². The highest BCUT2D eigenvalue weighted by atomic mass is 32.1. The maximum Gasteiger partial charge on any atom is 0.241 e. The van der Waals surface area contributed by atoms with Crippen LogP contribution in [0.4, 0.5) is 0 Å². The number of rotatable bonds is 4. The Morgan fingerprint density at radius 2 is 1.83 bits per heavy atom. The number of carbonyl (C=O) groups excluding carboxylic acids is 2. The summed E-state index contributed by atoms with van der Waals surface area (Å²) in [7, 11) is 0. The fraction of sp³-hybridized carbons (Fsp3) is 0.750. The average Bonchev–Trinajstić information content (AvgIpc) is 2.36. The number of thiocarbonyl (C=S) groups is 1. The zero-order valence-corrected chi connectivity index (χ0v) is 11.8. The summed E-state index contributed by atoms with van der Waals surface area (Å²) in [5.74, 6) is -0.345. The first-order valence-electron chi connectivity index (χ1n) is 6.21. The highest BCUT2D eigenvalue weighted by Gasteiger charge is 2.31. The second-order valence-electron chi connectivity index (χ2n) is 5.11. The Hall–Kier alpha value is -1.17. The van der Waals surface area contributed by atoms with Crippen molar-refractivity contribution >= 4 is 29.0 Å². The summed E-state index contributed by atoms with van der Waals surface area (Å²) in [5, 5.41) is 2.60. The van der Waals surface area contributed by atoms with Crippen molar-refractivity contribution in [2.24, 2.45) is 11.1 Å². The maximum atomic E-state index is 11.8. The van der Waals surface area contributed by atoms with Crippen molar-refractivity contribution < 1.29 is 9.59 Å². The van der Waals surface area contributed by atoms with Gasteiger partial charge in [0.15, 0.2) is 0 Å². The number of likely N-dealkylation sites (tertiary alicyclic amines) is 1. The third-order valence-electron chi connectivity index (χ3n) is 3.29. The van der Waals surface area contributed by atoms with Gasteiger partial charge in [-0.3, -0.25) is 9.59 Å². The van der Waals surface area contributed by atoms with Crippen molar-refractivity contribution in [2.45, 2.75) is 33.1 Å². The smallest absolute Gasteiger partial charge is 0.241 e. The van der Waals surface area contributed by atoms with Crippen molar-refractivity contribution in [2.75, 3.05) is 19.6 Å². The molecule has 1 heterocycles. The Morgan fingerprint density at radius 3 is 2.33 bits per heavy atom. The van der Waals surface area contributed by atoms with Gasteiger partial charge in [-0.15, -0.1) is 0 Å². The van der Waals surface area contributed by atoms with Gasteiger partial charge in [0.1, 0.15) is 0 Å². The molecule has 6 heteroatoms. The molecule has 0 unspecified atom stereocenters. The Kier molecular flexibility index (Phi) is 5.07. The molecule has 0 radical (unpaired) electrons. The van der Waals surface area contributed by atoms with Crippen molar-refractivity contribution in [3.63, 3.8) is 0 Å². The second kappa shape index (κ2) is 6.13. The molecule has 1 aliphatic heterocycles. The van der Waals surface area contributed by atoms with E-state index in [1.54, 1.807) is 18.7 Å². The SMILES string of the molecule is CC(C)(C(=O)NCC(=O)N1CCCCC1)C(N)=S. The zero-order chi connectivity index (χ0) is 13.8. The van der Waals surface area contributed by atoms with Crippen molar-refractivity contribution in [3.8, 4) is 0 Å². The second-order valence-corrected chi connectivity index (χ2v) is 5.55. The third kappa shape index (κ3) is 3.66. The summed E-state index contributed by atoms with van der Waals surface area (Å²) in [6.07, 6.45) is 3.25. The van der Waals surface area contributed by atoms with Gasteiger partial charge in [0.2, 0.25) is 11.8 Å². The number of hydrogen-bond donors (Lipinski definition) is 2. The van der Waals surface area contributed by atoms with Crippen LogP contribution >= 0.6 is 12.2 Å². The summed E-state index contributed by atoms with van der Waals surface area (Å²) in [5.41, 5.74) is 4.58. The van der Waals surface area contributed by atoms with Crippen LogP contribution in [0.5, 0.6) is 0 Å². The van der Waals surface area contributed by atoms with E-state index in [-0.39, 0.29) is 23.3 Å². The molecule has 3 N–H and O–H groups in total. The molecule has 2 amide bonds. The monoisotopic (exact) mass is 271 g/mol. The fourth-order valence-electron chi connectivity index (χ4n) is 1.74. The Bertz CT molecular complexity index is 349. The Balaban J connectivity index is 2.42. The largest absolute Gasteiger partial charge is 0.392 e. The van der Waals surface area contributed by atoms with Crippen molar-refractivity contribution in [1.82, 2.24) is 10.2 Å². The summed E-state index contributed by atoms with van der Waals surface area (Å²) in [4.78, 5) is 25.6. The highest BCUT2D eigenvalue weighted by Crippen LogP contribution is 2.15. The molecule has 0 bridgehead atoms. The van der Waals surface area contributed by atoms with Crippen LogP contribution < -0.4 is 11.1 Å². The molecule has 18 heavy (non-hydrogen) atoms. The number of nitrogens with two attached hydrogens (primary N) is 1. The molecule has 0 aliphatic carbocycles. The number of hydrogen-bond acceptors (Lipinski definition) is 3. The van der Waals surface area contributed by atoms with Gasteiger partial charge in [0.05, 0.1) is 16.9 Å². The van der Waals surface area contributed by atoms with Gasteiger partial charge >= 0.3 is 0 Å². The van der Waals surface area contributed by atoms with Gasteiger partial charge in [-0.25, -0.2) is 0 Å². The molecule has 1 fully saturated rings. The fourth-order valence-corrected chi connectivity index (χ4v) is 1.84. The van der Waals surface area contributed by atoms with Gasteiger partial charge in [-0.2, -0.15) is 0 Å². The maximum absolute atomic E-state index is 11.8. The van der Waals surface area contributed by atoms with Crippen LogP contribution in [0.1, 0.15) is 33.1 Å². The van der Waals surface area contributed by atoms with Gasteiger partial charge in [0, 0.05) is 13.1 Å². The van der Waals surface area contributed by atoms with Crippen LogP contribution in [0.15, 0.2) is 0 Å². The highest BCUT2D eigenvalue weighted by molar-refractivity contribution is 7.80. The number of amides is 2. The molecule has 102 valence electrons. The van der Waals surface area contributed by atoms with Crippen molar-refractivity contribution in [1.29, 1.82) is 0 Å². The van der Waals surface area contributed by atoms with Crippen LogP contribution in [-0.2, 0) is 9.59 Å². The van der Waals surface area contributed by atoms with Crippen molar-refractivity contribution in [3.05, 3.63) is 0 Å². The lowest BCUT2D eigenvalue weighted by Gasteiger charge is -2.28.